The van der Waals surface area contributed by atoms with Gasteiger partial charge in [-0.3, -0.25) is 4.98 Å². The van der Waals surface area contributed by atoms with E-state index in [0.717, 1.165) is 18.7 Å². The van der Waals surface area contributed by atoms with Crippen LogP contribution in [0.3, 0.4) is 0 Å². The predicted octanol–water partition coefficient (Wildman–Crippen LogP) is 4.36. The minimum absolute atomic E-state index is 0. The van der Waals surface area contributed by atoms with Crippen LogP contribution in [0.15, 0.2) is 54.2 Å². The quantitative estimate of drug-likeness (QED) is 0.751. The molecule has 5 heteroatoms. The number of aromatic nitrogens is 1. The van der Waals surface area contributed by atoms with Gasteiger partial charge in [-0.2, -0.15) is 0 Å². The van der Waals surface area contributed by atoms with E-state index in [2.05, 4.69) is 59.7 Å². The summed E-state index contributed by atoms with van der Waals surface area (Å²) < 4.78 is 0. The molecule has 1 aliphatic rings. The Balaban J connectivity index is 0.00000156. The van der Waals surface area contributed by atoms with Gasteiger partial charge >= 0.3 is 0 Å². The summed E-state index contributed by atoms with van der Waals surface area (Å²) in [5.41, 5.74) is 10.8. The van der Waals surface area contributed by atoms with Gasteiger partial charge in [-0.1, -0.05) is 55.0 Å². The van der Waals surface area contributed by atoms with Gasteiger partial charge in [0.05, 0.1) is 5.69 Å². The van der Waals surface area contributed by atoms with Gasteiger partial charge in [0.25, 0.3) is 0 Å². The van der Waals surface area contributed by atoms with Gasteiger partial charge in [-0.15, -0.1) is 24.8 Å². The van der Waals surface area contributed by atoms with Crippen LogP contribution >= 0.6 is 24.8 Å². The molecule has 3 nitrogen and oxygen atoms in total. The molecule has 0 bridgehead atoms. The first kappa shape index (κ1) is 21.7. The minimum atomic E-state index is 0. The number of nitrogens with two attached hydrogens (primary N) is 1. The highest BCUT2D eigenvalue weighted by Crippen LogP contribution is 2.39. The molecular weight excluding hydrogens is 353 g/mol. The van der Waals surface area contributed by atoms with Crippen LogP contribution in [0.25, 0.3) is 6.08 Å². The van der Waals surface area contributed by atoms with Gasteiger partial charge in [0.2, 0.25) is 0 Å². The Labute approximate surface area is 162 Å². The zero-order valence-corrected chi connectivity index (χ0v) is 16.2. The van der Waals surface area contributed by atoms with Crippen LogP contribution in [0.5, 0.6) is 0 Å². The number of nitrogens with one attached hydrogen (secondary N) is 1. The second-order valence-corrected chi connectivity index (χ2v) is 6.13. The molecule has 0 saturated heterocycles. The molecule has 1 aliphatic carbocycles. The van der Waals surface area contributed by atoms with Crippen LogP contribution in [0.4, 0.5) is 0 Å². The summed E-state index contributed by atoms with van der Waals surface area (Å²) in [4.78, 5) is 4.35. The number of nitrogens with zero attached hydrogens (tertiary/aromatic N) is 1. The molecule has 3 rings (SSSR count). The zero-order chi connectivity index (χ0) is 16.1. The third-order valence-corrected chi connectivity index (χ3v) is 4.56. The first-order valence-electron chi connectivity index (χ1n) is 8.43. The molecule has 136 valence electrons. The average Bonchev–Trinajstić information content (AvgIpc) is 3.38. The standard InChI is InChI=1S/C20H25N3.2ClH/c1-2-16(11-15-7-4-3-5-8-15)18-12-19(18)23-14-17-9-6-10-22-20(17)13-21;;/h3-11,18-19,23H,2,12-14,21H2,1H3;2*1H/b16-11+;;/t18-,19+;;/m1../s1. The van der Waals surface area contributed by atoms with E-state index in [1.807, 2.05) is 12.3 Å². The minimum Gasteiger partial charge on any atom is -0.325 e. The van der Waals surface area contributed by atoms with Crippen molar-refractivity contribution in [1.82, 2.24) is 10.3 Å². The summed E-state index contributed by atoms with van der Waals surface area (Å²) in [6.07, 6.45) is 6.49. The molecule has 0 amide bonds. The van der Waals surface area contributed by atoms with Crippen molar-refractivity contribution >= 4 is 30.9 Å². The van der Waals surface area contributed by atoms with Crippen molar-refractivity contribution in [2.45, 2.75) is 38.9 Å². The molecule has 1 heterocycles. The first-order valence-corrected chi connectivity index (χ1v) is 8.43. The molecule has 2 atom stereocenters. The summed E-state index contributed by atoms with van der Waals surface area (Å²) in [5.74, 6) is 0.665. The lowest BCUT2D eigenvalue weighted by Gasteiger charge is -2.09. The Kier molecular flexibility index (Phi) is 9.15. The van der Waals surface area contributed by atoms with Gasteiger partial charge in [-0.25, -0.2) is 0 Å². The lowest BCUT2D eigenvalue weighted by molar-refractivity contribution is 0.648. The Hall–Kier alpha value is -1.39. The van der Waals surface area contributed by atoms with Gasteiger partial charge in [0.1, 0.15) is 0 Å². The summed E-state index contributed by atoms with van der Waals surface area (Å²) in [6.45, 7) is 3.60. The van der Waals surface area contributed by atoms with Crippen molar-refractivity contribution in [1.29, 1.82) is 0 Å². The average molecular weight is 380 g/mol. The van der Waals surface area contributed by atoms with Gasteiger partial charge < -0.3 is 11.1 Å². The number of hydrogen-bond acceptors (Lipinski definition) is 3. The molecular formula is C20H27Cl2N3. The lowest BCUT2D eigenvalue weighted by Crippen LogP contribution is -2.20. The van der Waals surface area contributed by atoms with Crippen molar-refractivity contribution in [3.8, 4) is 0 Å². The highest BCUT2D eigenvalue weighted by molar-refractivity contribution is 5.85. The predicted molar refractivity (Wildman–Crippen MR) is 110 cm³/mol. The first-order chi connectivity index (χ1) is 11.3. The number of rotatable bonds is 7. The van der Waals surface area contributed by atoms with Gasteiger partial charge in [-0.05, 0) is 36.0 Å². The molecule has 3 N–H and O–H groups in total. The largest absolute Gasteiger partial charge is 0.325 e. The molecule has 1 aromatic carbocycles. The van der Waals surface area contributed by atoms with Crippen molar-refractivity contribution < 1.29 is 0 Å². The lowest BCUT2D eigenvalue weighted by atomic mass is 10.0. The second kappa shape index (κ2) is 10.6. The summed E-state index contributed by atoms with van der Waals surface area (Å²) in [6, 6.07) is 15.3. The molecule has 0 aliphatic heterocycles. The van der Waals surface area contributed by atoms with E-state index in [9.17, 15) is 0 Å². The summed E-state index contributed by atoms with van der Waals surface area (Å²) >= 11 is 0. The maximum Gasteiger partial charge on any atom is 0.0584 e. The fraction of sp³-hybridized carbons (Fsp3) is 0.350. The zero-order valence-electron chi connectivity index (χ0n) is 14.5. The summed E-state index contributed by atoms with van der Waals surface area (Å²) in [5, 5.41) is 3.66. The van der Waals surface area contributed by atoms with Gasteiger partial charge in [0.15, 0.2) is 0 Å². The van der Waals surface area contributed by atoms with Crippen LogP contribution in [0, 0.1) is 5.92 Å². The molecule has 1 fully saturated rings. The number of hydrogen-bond donors (Lipinski definition) is 2. The Bertz CT molecular complexity index is 674. The summed E-state index contributed by atoms with van der Waals surface area (Å²) in [7, 11) is 0. The van der Waals surface area contributed by atoms with Crippen molar-refractivity contribution in [3.05, 3.63) is 71.1 Å². The molecule has 0 radical (unpaired) electrons. The van der Waals surface area contributed by atoms with Gasteiger partial charge in [0, 0.05) is 25.3 Å². The Morgan fingerprint density at radius 1 is 1.20 bits per heavy atom. The van der Waals surface area contributed by atoms with Crippen molar-refractivity contribution in [2.75, 3.05) is 0 Å². The van der Waals surface area contributed by atoms with Crippen LogP contribution in [0.2, 0.25) is 0 Å². The SMILES string of the molecule is CC/C(=C\c1ccccc1)[C@H]1C[C@@H]1NCc1cccnc1CN.Cl.Cl. The van der Waals surface area contributed by atoms with E-state index in [0.29, 0.717) is 18.5 Å². The monoisotopic (exact) mass is 379 g/mol. The van der Waals surface area contributed by atoms with E-state index in [1.165, 1.54) is 17.5 Å². The maximum absolute atomic E-state index is 5.76. The van der Waals surface area contributed by atoms with E-state index in [-0.39, 0.29) is 24.8 Å². The Morgan fingerprint density at radius 2 is 1.96 bits per heavy atom. The number of halogens is 2. The van der Waals surface area contributed by atoms with E-state index < -0.39 is 0 Å². The van der Waals surface area contributed by atoms with Crippen LogP contribution in [-0.4, -0.2) is 11.0 Å². The highest BCUT2D eigenvalue weighted by atomic mass is 35.5. The molecule has 0 spiro atoms. The highest BCUT2D eigenvalue weighted by Gasteiger charge is 2.38. The van der Waals surface area contributed by atoms with E-state index in [1.54, 1.807) is 5.57 Å². The normalized spacial score (nSPS) is 18.9. The van der Waals surface area contributed by atoms with Crippen molar-refractivity contribution in [2.24, 2.45) is 11.7 Å². The van der Waals surface area contributed by atoms with E-state index in [4.69, 9.17) is 5.73 Å². The topological polar surface area (TPSA) is 50.9 Å². The fourth-order valence-electron chi connectivity index (χ4n) is 3.12. The van der Waals surface area contributed by atoms with Crippen LogP contribution in [0.1, 0.15) is 36.6 Å². The van der Waals surface area contributed by atoms with Crippen LogP contribution < -0.4 is 11.1 Å². The molecule has 1 saturated carbocycles. The molecule has 0 unspecified atom stereocenters. The number of pyridine rings is 1. The van der Waals surface area contributed by atoms with E-state index >= 15 is 0 Å². The third-order valence-electron chi connectivity index (χ3n) is 4.56. The van der Waals surface area contributed by atoms with Crippen LogP contribution in [-0.2, 0) is 13.1 Å². The smallest absolute Gasteiger partial charge is 0.0584 e. The molecule has 25 heavy (non-hydrogen) atoms. The maximum atomic E-state index is 5.76. The number of benzene rings is 1. The fourth-order valence-corrected chi connectivity index (χ4v) is 3.12. The molecule has 2 aromatic rings. The second-order valence-electron chi connectivity index (χ2n) is 6.13. The van der Waals surface area contributed by atoms with Crippen molar-refractivity contribution in [3.63, 3.8) is 0 Å². The third kappa shape index (κ3) is 5.82. The Morgan fingerprint density at radius 3 is 2.64 bits per heavy atom. The molecule has 1 aromatic heterocycles.